The van der Waals surface area contributed by atoms with Gasteiger partial charge in [-0.3, -0.25) is 0 Å². The van der Waals surface area contributed by atoms with Crippen LogP contribution in [0, 0.1) is 6.92 Å². The Bertz CT molecular complexity index is 265. The average molecular weight is 181 g/mol. The van der Waals surface area contributed by atoms with E-state index in [1.807, 2.05) is 19.9 Å². The number of nitrogens with zero attached hydrogens (tertiary/aromatic N) is 2. The Labute approximate surface area is 78.0 Å². The molecule has 4 heteroatoms. The molecule has 0 aliphatic rings. The van der Waals surface area contributed by atoms with Crippen molar-refractivity contribution < 1.29 is 5.11 Å². The third kappa shape index (κ3) is 3.38. The summed E-state index contributed by atoms with van der Waals surface area (Å²) in [7, 11) is 0. The van der Waals surface area contributed by atoms with Gasteiger partial charge in [0.2, 0.25) is 0 Å². The molecule has 0 radical (unpaired) electrons. The predicted octanol–water partition coefficient (Wildman–Crippen LogP) is 0.968. The van der Waals surface area contributed by atoms with Gasteiger partial charge in [-0.25, -0.2) is 9.97 Å². The SMILES string of the molecule is CCC(O)CNc1cc(C)ncn1. The number of aromatic nitrogens is 2. The van der Waals surface area contributed by atoms with Crippen molar-refractivity contribution in [1.82, 2.24) is 9.97 Å². The maximum absolute atomic E-state index is 9.28. The van der Waals surface area contributed by atoms with Crippen LogP contribution in [0.5, 0.6) is 0 Å². The largest absolute Gasteiger partial charge is 0.391 e. The van der Waals surface area contributed by atoms with Crippen molar-refractivity contribution in [3.05, 3.63) is 18.1 Å². The lowest BCUT2D eigenvalue weighted by molar-refractivity contribution is 0.183. The molecule has 4 nitrogen and oxygen atoms in total. The fourth-order valence-electron chi connectivity index (χ4n) is 0.918. The maximum Gasteiger partial charge on any atom is 0.129 e. The minimum atomic E-state index is -0.310. The van der Waals surface area contributed by atoms with E-state index in [1.54, 1.807) is 0 Å². The van der Waals surface area contributed by atoms with Gasteiger partial charge in [-0.1, -0.05) is 6.92 Å². The number of anilines is 1. The Hall–Kier alpha value is -1.16. The zero-order valence-electron chi connectivity index (χ0n) is 7.99. The molecule has 1 atom stereocenters. The molecule has 0 bridgehead atoms. The molecule has 0 spiro atoms. The molecular formula is C9H15N3O. The molecule has 1 aromatic heterocycles. The normalized spacial score (nSPS) is 12.5. The van der Waals surface area contributed by atoms with Gasteiger partial charge in [-0.05, 0) is 13.3 Å². The summed E-state index contributed by atoms with van der Waals surface area (Å²) in [4.78, 5) is 7.99. The zero-order valence-corrected chi connectivity index (χ0v) is 7.99. The Morgan fingerprint density at radius 1 is 1.54 bits per heavy atom. The van der Waals surface area contributed by atoms with Crippen LogP contribution < -0.4 is 5.32 Å². The lowest BCUT2D eigenvalue weighted by Crippen LogP contribution is -2.18. The van der Waals surface area contributed by atoms with Crippen LogP contribution in [0.4, 0.5) is 5.82 Å². The van der Waals surface area contributed by atoms with Crippen LogP contribution in [0.15, 0.2) is 12.4 Å². The molecule has 72 valence electrons. The third-order valence-corrected chi connectivity index (χ3v) is 1.79. The fraction of sp³-hybridized carbons (Fsp3) is 0.556. The van der Waals surface area contributed by atoms with Gasteiger partial charge < -0.3 is 10.4 Å². The molecular weight excluding hydrogens is 166 g/mol. The van der Waals surface area contributed by atoms with Crippen LogP contribution in [0.3, 0.4) is 0 Å². The van der Waals surface area contributed by atoms with Gasteiger partial charge in [0.15, 0.2) is 0 Å². The first-order valence-corrected chi connectivity index (χ1v) is 4.43. The van der Waals surface area contributed by atoms with Gasteiger partial charge >= 0.3 is 0 Å². The van der Waals surface area contributed by atoms with E-state index < -0.39 is 0 Å². The van der Waals surface area contributed by atoms with E-state index in [-0.39, 0.29) is 6.10 Å². The molecule has 1 unspecified atom stereocenters. The second-order valence-electron chi connectivity index (χ2n) is 2.99. The molecule has 0 aromatic carbocycles. The first-order chi connectivity index (χ1) is 6.22. The summed E-state index contributed by atoms with van der Waals surface area (Å²) >= 11 is 0. The number of hydrogen-bond donors (Lipinski definition) is 2. The smallest absolute Gasteiger partial charge is 0.129 e. The molecule has 0 fully saturated rings. The number of aryl methyl sites for hydroxylation is 1. The Morgan fingerprint density at radius 3 is 2.92 bits per heavy atom. The van der Waals surface area contributed by atoms with Crippen molar-refractivity contribution in [2.45, 2.75) is 26.4 Å². The number of rotatable bonds is 4. The van der Waals surface area contributed by atoms with Gasteiger partial charge in [0, 0.05) is 18.3 Å². The van der Waals surface area contributed by atoms with Crippen LogP contribution >= 0.6 is 0 Å². The van der Waals surface area contributed by atoms with E-state index in [1.165, 1.54) is 6.33 Å². The molecule has 1 aromatic rings. The van der Waals surface area contributed by atoms with Gasteiger partial charge in [0.25, 0.3) is 0 Å². The molecule has 1 rings (SSSR count). The lowest BCUT2D eigenvalue weighted by Gasteiger charge is -2.09. The molecule has 13 heavy (non-hydrogen) atoms. The molecule has 0 aliphatic carbocycles. The first kappa shape index (κ1) is 9.92. The van der Waals surface area contributed by atoms with Crippen molar-refractivity contribution in [2.24, 2.45) is 0 Å². The highest BCUT2D eigenvalue weighted by Crippen LogP contribution is 2.02. The summed E-state index contributed by atoms with van der Waals surface area (Å²) in [6.07, 6.45) is 1.95. The van der Waals surface area contributed by atoms with Gasteiger partial charge in [0.05, 0.1) is 6.10 Å². The summed E-state index contributed by atoms with van der Waals surface area (Å²) in [5.74, 6) is 0.764. The van der Waals surface area contributed by atoms with Crippen molar-refractivity contribution in [3.63, 3.8) is 0 Å². The number of aliphatic hydroxyl groups is 1. The van der Waals surface area contributed by atoms with Crippen LogP contribution in [-0.2, 0) is 0 Å². The zero-order chi connectivity index (χ0) is 9.68. The molecule has 0 saturated carbocycles. The quantitative estimate of drug-likeness (QED) is 0.726. The molecule has 0 saturated heterocycles. The van der Waals surface area contributed by atoms with Crippen LogP contribution in [0.2, 0.25) is 0 Å². The Kier molecular flexibility index (Phi) is 3.64. The Morgan fingerprint density at radius 2 is 2.31 bits per heavy atom. The number of aliphatic hydroxyl groups excluding tert-OH is 1. The highest BCUT2D eigenvalue weighted by atomic mass is 16.3. The molecule has 1 heterocycles. The van der Waals surface area contributed by atoms with E-state index >= 15 is 0 Å². The predicted molar refractivity (Wildman–Crippen MR) is 51.6 cm³/mol. The molecule has 2 N–H and O–H groups in total. The summed E-state index contributed by atoms with van der Waals surface area (Å²) < 4.78 is 0. The first-order valence-electron chi connectivity index (χ1n) is 4.43. The summed E-state index contributed by atoms with van der Waals surface area (Å²) in [5, 5.41) is 12.3. The van der Waals surface area contributed by atoms with Crippen LogP contribution in [0.1, 0.15) is 19.0 Å². The monoisotopic (exact) mass is 181 g/mol. The summed E-state index contributed by atoms with van der Waals surface area (Å²) in [5.41, 5.74) is 0.920. The van der Waals surface area contributed by atoms with Gasteiger partial charge in [0.1, 0.15) is 12.1 Å². The fourth-order valence-corrected chi connectivity index (χ4v) is 0.918. The third-order valence-electron chi connectivity index (χ3n) is 1.79. The highest BCUT2D eigenvalue weighted by molar-refractivity contribution is 5.34. The second-order valence-corrected chi connectivity index (χ2v) is 2.99. The molecule has 0 aliphatic heterocycles. The van der Waals surface area contributed by atoms with E-state index in [2.05, 4.69) is 15.3 Å². The van der Waals surface area contributed by atoms with E-state index in [0.717, 1.165) is 17.9 Å². The minimum absolute atomic E-state index is 0.310. The van der Waals surface area contributed by atoms with E-state index in [9.17, 15) is 5.11 Å². The minimum Gasteiger partial charge on any atom is -0.391 e. The van der Waals surface area contributed by atoms with E-state index in [0.29, 0.717) is 6.54 Å². The van der Waals surface area contributed by atoms with E-state index in [4.69, 9.17) is 0 Å². The lowest BCUT2D eigenvalue weighted by atomic mass is 10.3. The second kappa shape index (κ2) is 4.77. The van der Waals surface area contributed by atoms with Gasteiger partial charge in [-0.15, -0.1) is 0 Å². The van der Waals surface area contributed by atoms with Crippen molar-refractivity contribution in [1.29, 1.82) is 0 Å². The number of hydrogen-bond acceptors (Lipinski definition) is 4. The highest BCUT2D eigenvalue weighted by Gasteiger charge is 2.00. The summed E-state index contributed by atoms with van der Waals surface area (Å²) in [6, 6.07) is 1.85. The summed E-state index contributed by atoms with van der Waals surface area (Å²) in [6.45, 7) is 4.38. The van der Waals surface area contributed by atoms with Crippen LogP contribution in [0.25, 0.3) is 0 Å². The van der Waals surface area contributed by atoms with Crippen LogP contribution in [-0.4, -0.2) is 27.7 Å². The molecule has 0 amide bonds. The number of nitrogens with one attached hydrogen (secondary N) is 1. The maximum atomic E-state index is 9.28. The van der Waals surface area contributed by atoms with Crippen molar-refractivity contribution >= 4 is 5.82 Å². The standard InChI is InChI=1S/C9H15N3O/c1-3-8(13)5-10-9-4-7(2)11-6-12-9/h4,6,8,13H,3,5H2,1-2H3,(H,10,11,12). The average Bonchev–Trinajstić information content (AvgIpc) is 2.14. The topological polar surface area (TPSA) is 58.0 Å². The Balaban J connectivity index is 2.45. The van der Waals surface area contributed by atoms with Gasteiger partial charge in [-0.2, -0.15) is 0 Å². The van der Waals surface area contributed by atoms with Crippen molar-refractivity contribution in [3.8, 4) is 0 Å². The van der Waals surface area contributed by atoms with Crippen molar-refractivity contribution in [2.75, 3.05) is 11.9 Å².